The van der Waals surface area contributed by atoms with Gasteiger partial charge in [-0.2, -0.15) is 0 Å². The third kappa shape index (κ3) is 3.89. The number of likely N-dealkylation sites (N-methyl/N-ethyl adjacent to an activating group) is 1. The number of ether oxygens (including phenoxy) is 1. The minimum atomic E-state index is -0.105. The standard InChI is InChI=1S/C11H16N2O2/c1-12-11(14)13(2)8-9-15-10-6-4-3-5-7-10/h3-7H,8-9H2,1-2H3,(H,12,14). The molecule has 0 spiro atoms. The van der Waals surface area contributed by atoms with Gasteiger partial charge >= 0.3 is 6.03 Å². The van der Waals surface area contributed by atoms with Gasteiger partial charge in [0.05, 0.1) is 6.54 Å². The smallest absolute Gasteiger partial charge is 0.316 e. The van der Waals surface area contributed by atoms with Gasteiger partial charge in [-0.25, -0.2) is 4.79 Å². The summed E-state index contributed by atoms with van der Waals surface area (Å²) in [6.07, 6.45) is 0. The van der Waals surface area contributed by atoms with E-state index in [2.05, 4.69) is 5.32 Å². The molecule has 1 aromatic rings. The first-order valence-corrected chi connectivity index (χ1v) is 4.84. The van der Waals surface area contributed by atoms with E-state index in [1.165, 1.54) is 0 Å². The number of nitrogens with zero attached hydrogens (tertiary/aromatic N) is 1. The molecule has 0 bridgehead atoms. The zero-order valence-electron chi connectivity index (χ0n) is 9.06. The van der Waals surface area contributed by atoms with Gasteiger partial charge in [-0.15, -0.1) is 0 Å². The lowest BCUT2D eigenvalue weighted by molar-refractivity contribution is 0.197. The monoisotopic (exact) mass is 208 g/mol. The Balaban J connectivity index is 2.25. The lowest BCUT2D eigenvalue weighted by Crippen LogP contribution is -2.37. The highest BCUT2D eigenvalue weighted by atomic mass is 16.5. The fraction of sp³-hybridized carbons (Fsp3) is 0.364. The maximum absolute atomic E-state index is 11.1. The Kier molecular flexibility index (Phi) is 4.47. The van der Waals surface area contributed by atoms with E-state index in [1.807, 2.05) is 30.3 Å². The van der Waals surface area contributed by atoms with Crippen LogP contribution in [0.4, 0.5) is 4.79 Å². The molecule has 1 aromatic carbocycles. The van der Waals surface area contributed by atoms with E-state index < -0.39 is 0 Å². The summed E-state index contributed by atoms with van der Waals surface area (Å²) in [6, 6.07) is 9.44. The summed E-state index contributed by atoms with van der Waals surface area (Å²) < 4.78 is 5.45. The molecule has 2 amide bonds. The Hall–Kier alpha value is -1.71. The minimum absolute atomic E-state index is 0.105. The lowest BCUT2D eigenvalue weighted by atomic mass is 10.3. The number of hydrogen-bond acceptors (Lipinski definition) is 2. The summed E-state index contributed by atoms with van der Waals surface area (Å²) >= 11 is 0. The number of benzene rings is 1. The molecule has 15 heavy (non-hydrogen) atoms. The number of nitrogens with one attached hydrogen (secondary N) is 1. The van der Waals surface area contributed by atoms with E-state index >= 15 is 0 Å². The first-order valence-electron chi connectivity index (χ1n) is 4.84. The maximum Gasteiger partial charge on any atom is 0.316 e. The zero-order chi connectivity index (χ0) is 11.1. The number of rotatable bonds is 4. The largest absolute Gasteiger partial charge is 0.492 e. The van der Waals surface area contributed by atoms with Crippen LogP contribution in [0.5, 0.6) is 5.75 Å². The number of carbonyl (C=O) groups excluding carboxylic acids is 1. The van der Waals surface area contributed by atoms with Gasteiger partial charge in [0.1, 0.15) is 12.4 Å². The van der Waals surface area contributed by atoms with Crippen LogP contribution in [0.1, 0.15) is 0 Å². The van der Waals surface area contributed by atoms with Crippen LogP contribution < -0.4 is 10.1 Å². The molecule has 0 saturated heterocycles. The van der Waals surface area contributed by atoms with E-state index in [0.717, 1.165) is 5.75 Å². The second kappa shape index (κ2) is 5.90. The van der Waals surface area contributed by atoms with Crippen LogP contribution in [-0.4, -0.2) is 38.2 Å². The molecule has 82 valence electrons. The summed E-state index contributed by atoms with van der Waals surface area (Å²) in [6.45, 7) is 1.06. The number of urea groups is 1. The summed E-state index contributed by atoms with van der Waals surface area (Å²) in [5.41, 5.74) is 0. The fourth-order valence-corrected chi connectivity index (χ4v) is 1.11. The molecule has 0 heterocycles. The van der Waals surface area contributed by atoms with Crippen molar-refractivity contribution in [2.75, 3.05) is 27.2 Å². The molecule has 0 aliphatic heterocycles. The minimum Gasteiger partial charge on any atom is -0.492 e. The number of carbonyl (C=O) groups is 1. The molecule has 1 rings (SSSR count). The van der Waals surface area contributed by atoms with Crippen LogP contribution in [0.15, 0.2) is 30.3 Å². The highest BCUT2D eigenvalue weighted by Crippen LogP contribution is 2.07. The van der Waals surface area contributed by atoms with Crippen LogP contribution in [0, 0.1) is 0 Å². The van der Waals surface area contributed by atoms with Gasteiger partial charge in [0.25, 0.3) is 0 Å². The lowest BCUT2D eigenvalue weighted by Gasteiger charge is -2.16. The molecular formula is C11H16N2O2. The average Bonchev–Trinajstić information content (AvgIpc) is 2.29. The summed E-state index contributed by atoms with van der Waals surface area (Å²) in [5, 5.41) is 2.54. The number of para-hydroxylation sites is 1. The van der Waals surface area contributed by atoms with Crippen LogP contribution >= 0.6 is 0 Å². The van der Waals surface area contributed by atoms with Gasteiger partial charge in [-0.1, -0.05) is 18.2 Å². The first kappa shape index (κ1) is 11.4. The van der Waals surface area contributed by atoms with Crippen molar-refractivity contribution >= 4 is 6.03 Å². The molecular weight excluding hydrogens is 192 g/mol. The van der Waals surface area contributed by atoms with E-state index in [1.54, 1.807) is 19.0 Å². The Morgan fingerprint density at radius 2 is 2.07 bits per heavy atom. The van der Waals surface area contributed by atoms with Crippen LogP contribution in [-0.2, 0) is 0 Å². The van der Waals surface area contributed by atoms with E-state index in [0.29, 0.717) is 13.2 Å². The molecule has 0 saturated carbocycles. The van der Waals surface area contributed by atoms with Gasteiger partial charge in [-0.05, 0) is 12.1 Å². The highest BCUT2D eigenvalue weighted by Gasteiger charge is 2.04. The Labute approximate surface area is 89.8 Å². The topological polar surface area (TPSA) is 41.6 Å². The van der Waals surface area contributed by atoms with Crippen molar-refractivity contribution in [1.82, 2.24) is 10.2 Å². The van der Waals surface area contributed by atoms with Gasteiger partial charge in [0, 0.05) is 14.1 Å². The molecule has 0 aliphatic carbocycles. The van der Waals surface area contributed by atoms with E-state index in [9.17, 15) is 4.79 Å². The summed E-state index contributed by atoms with van der Waals surface area (Å²) in [7, 11) is 3.34. The van der Waals surface area contributed by atoms with E-state index in [4.69, 9.17) is 4.74 Å². The molecule has 0 atom stereocenters. The number of hydrogen-bond donors (Lipinski definition) is 1. The molecule has 0 unspecified atom stereocenters. The second-order valence-electron chi connectivity index (χ2n) is 3.14. The van der Waals surface area contributed by atoms with Crippen LogP contribution in [0.3, 0.4) is 0 Å². The zero-order valence-corrected chi connectivity index (χ0v) is 9.06. The van der Waals surface area contributed by atoms with Crippen molar-refractivity contribution in [2.24, 2.45) is 0 Å². The third-order valence-electron chi connectivity index (χ3n) is 2.00. The fourth-order valence-electron chi connectivity index (χ4n) is 1.11. The van der Waals surface area contributed by atoms with Gasteiger partial charge < -0.3 is 15.0 Å². The van der Waals surface area contributed by atoms with Crippen LogP contribution in [0.25, 0.3) is 0 Å². The maximum atomic E-state index is 11.1. The van der Waals surface area contributed by atoms with Crippen molar-refractivity contribution in [2.45, 2.75) is 0 Å². The predicted octanol–water partition coefficient (Wildman–Crippen LogP) is 1.34. The van der Waals surface area contributed by atoms with Crippen molar-refractivity contribution in [3.63, 3.8) is 0 Å². The molecule has 4 heteroatoms. The normalized spacial score (nSPS) is 9.47. The molecule has 0 fully saturated rings. The SMILES string of the molecule is CNC(=O)N(C)CCOc1ccccc1. The summed E-state index contributed by atoms with van der Waals surface area (Å²) in [4.78, 5) is 12.7. The molecule has 4 nitrogen and oxygen atoms in total. The molecule has 1 N–H and O–H groups in total. The second-order valence-corrected chi connectivity index (χ2v) is 3.14. The third-order valence-corrected chi connectivity index (χ3v) is 2.00. The van der Waals surface area contributed by atoms with Crippen molar-refractivity contribution in [3.05, 3.63) is 30.3 Å². The van der Waals surface area contributed by atoms with Gasteiger partial charge in [0.2, 0.25) is 0 Å². The van der Waals surface area contributed by atoms with Crippen molar-refractivity contribution < 1.29 is 9.53 Å². The quantitative estimate of drug-likeness (QED) is 0.811. The Morgan fingerprint density at radius 1 is 1.40 bits per heavy atom. The molecule has 0 radical (unpaired) electrons. The van der Waals surface area contributed by atoms with Crippen molar-refractivity contribution in [3.8, 4) is 5.75 Å². The Morgan fingerprint density at radius 3 is 2.67 bits per heavy atom. The highest BCUT2D eigenvalue weighted by molar-refractivity contribution is 5.73. The first-order chi connectivity index (χ1) is 7.24. The summed E-state index contributed by atoms with van der Waals surface area (Å²) in [5.74, 6) is 0.822. The van der Waals surface area contributed by atoms with Crippen LogP contribution in [0.2, 0.25) is 0 Å². The molecule has 0 aliphatic rings. The van der Waals surface area contributed by atoms with Crippen molar-refractivity contribution in [1.29, 1.82) is 0 Å². The van der Waals surface area contributed by atoms with E-state index in [-0.39, 0.29) is 6.03 Å². The van der Waals surface area contributed by atoms with Gasteiger partial charge in [-0.3, -0.25) is 0 Å². The Bertz CT molecular complexity index is 301. The average molecular weight is 208 g/mol. The molecule has 0 aromatic heterocycles. The number of amides is 2. The van der Waals surface area contributed by atoms with Gasteiger partial charge in [0.15, 0.2) is 0 Å². The predicted molar refractivity (Wildman–Crippen MR) is 59.0 cm³/mol.